The second-order valence-corrected chi connectivity index (χ2v) is 7.16. The predicted octanol–water partition coefficient (Wildman–Crippen LogP) is 2.91. The molecule has 1 aromatic carbocycles. The van der Waals surface area contributed by atoms with Crippen LogP contribution in [0.25, 0.3) is 0 Å². The SMILES string of the molecule is COCc1ncc(C)n1CC1CCN(C(=O)c2ccc(OC)cc2OC)CC1. The molecule has 7 nitrogen and oxygen atoms in total. The van der Waals surface area contributed by atoms with Gasteiger partial charge in [-0.3, -0.25) is 4.79 Å². The van der Waals surface area contributed by atoms with Crippen molar-refractivity contribution in [1.82, 2.24) is 14.5 Å². The second-order valence-electron chi connectivity index (χ2n) is 7.16. The highest BCUT2D eigenvalue weighted by Crippen LogP contribution is 2.28. The third kappa shape index (κ3) is 4.30. The lowest BCUT2D eigenvalue weighted by molar-refractivity contribution is 0.0677. The van der Waals surface area contributed by atoms with Crippen molar-refractivity contribution >= 4 is 5.91 Å². The van der Waals surface area contributed by atoms with Crippen molar-refractivity contribution in [1.29, 1.82) is 0 Å². The van der Waals surface area contributed by atoms with Crippen molar-refractivity contribution in [3.05, 3.63) is 41.5 Å². The van der Waals surface area contributed by atoms with Crippen LogP contribution in [0.3, 0.4) is 0 Å². The fourth-order valence-corrected chi connectivity index (χ4v) is 3.73. The zero-order chi connectivity index (χ0) is 20.1. The summed E-state index contributed by atoms with van der Waals surface area (Å²) in [5, 5.41) is 0. The average Bonchev–Trinajstić information content (AvgIpc) is 3.07. The van der Waals surface area contributed by atoms with Crippen molar-refractivity contribution in [3.8, 4) is 11.5 Å². The molecule has 0 radical (unpaired) electrons. The Hall–Kier alpha value is -2.54. The van der Waals surface area contributed by atoms with Crippen molar-refractivity contribution in [2.75, 3.05) is 34.4 Å². The highest BCUT2D eigenvalue weighted by Gasteiger charge is 2.26. The Balaban J connectivity index is 1.63. The van der Waals surface area contributed by atoms with Gasteiger partial charge < -0.3 is 23.7 Å². The average molecular weight is 387 g/mol. The van der Waals surface area contributed by atoms with E-state index in [2.05, 4.69) is 16.5 Å². The number of likely N-dealkylation sites (tertiary alicyclic amines) is 1. The summed E-state index contributed by atoms with van der Waals surface area (Å²) < 4.78 is 18.1. The van der Waals surface area contributed by atoms with Gasteiger partial charge in [-0.15, -0.1) is 0 Å². The van der Waals surface area contributed by atoms with Crippen LogP contribution in [0.1, 0.15) is 34.7 Å². The van der Waals surface area contributed by atoms with E-state index in [0.29, 0.717) is 29.6 Å². The van der Waals surface area contributed by atoms with Crippen molar-refractivity contribution in [2.24, 2.45) is 5.92 Å². The van der Waals surface area contributed by atoms with Gasteiger partial charge in [-0.2, -0.15) is 0 Å². The highest BCUT2D eigenvalue weighted by molar-refractivity contribution is 5.97. The first-order valence-electron chi connectivity index (χ1n) is 9.58. The minimum absolute atomic E-state index is 0.0110. The number of carbonyl (C=O) groups excluding carboxylic acids is 1. The van der Waals surface area contributed by atoms with Crippen molar-refractivity contribution < 1.29 is 19.0 Å². The van der Waals surface area contributed by atoms with Crippen molar-refractivity contribution in [2.45, 2.75) is 32.9 Å². The number of rotatable bonds is 7. The first kappa shape index (κ1) is 20.2. The van der Waals surface area contributed by atoms with Gasteiger partial charge in [-0.25, -0.2) is 4.98 Å². The number of amides is 1. The van der Waals surface area contributed by atoms with Crippen LogP contribution in [0, 0.1) is 12.8 Å². The summed E-state index contributed by atoms with van der Waals surface area (Å²) in [5.41, 5.74) is 1.73. The van der Waals surface area contributed by atoms with E-state index in [9.17, 15) is 4.79 Å². The topological polar surface area (TPSA) is 65.8 Å². The molecule has 28 heavy (non-hydrogen) atoms. The van der Waals surface area contributed by atoms with E-state index in [1.165, 1.54) is 0 Å². The first-order valence-corrected chi connectivity index (χ1v) is 9.58. The summed E-state index contributed by atoms with van der Waals surface area (Å²) in [6.07, 6.45) is 3.82. The van der Waals surface area contributed by atoms with E-state index in [0.717, 1.165) is 44.0 Å². The Morgan fingerprint density at radius 2 is 1.93 bits per heavy atom. The first-order chi connectivity index (χ1) is 13.6. The number of hydrogen-bond acceptors (Lipinski definition) is 5. The molecule has 0 N–H and O–H groups in total. The molecule has 0 unspecified atom stereocenters. The number of hydrogen-bond donors (Lipinski definition) is 0. The van der Waals surface area contributed by atoms with Gasteiger partial charge in [-0.1, -0.05) is 0 Å². The summed E-state index contributed by atoms with van der Waals surface area (Å²) in [4.78, 5) is 19.3. The molecular formula is C21H29N3O4. The number of methoxy groups -OCH3 is 3. The number of ether oxygens (including phenoxy) is 3. The zero-order valence-corrected chi connectivity index (χ0v) is 17.1. The van der Waals surface area contributed by atoms with Gasteiger partial charge in [0.25, 0.3) is 5.91 Å². The normalized spacial score (nSPS) is 14.9. The summed E-state index contributed by atoms with van der Waals surface area (Å²) in [7, 11) is 4.86. The van der Waals surface area contributed by atoms with E-state index in [1.54, 1.807) is 39.5 Å². The van der Waals surface area contributed by atoms with Crippen LogP contribution in [0.5, 0.6) is 11.5 Å². The van der Waals surface area contributed by atoms with Crippen LogP contribution in [0.4, 0.5) is 0 Å². The van der Waals surface area contributed by atoms with Crippen molar-refractivity contribution in [3.63, 3.8) is 0 Å². The maximum absolute atomic E-state index is 13.0. The van der Waals surface area contributed by atoms with Crippen LogP contribution in [-0.2, 0) is 17.9 Å². The number of piperidine rings is 1. The van der Waals surface area contributed by atoms with Crippen LogP contribution in [0.15, 0.2) is 24.4 Å². The molecule has 0 bridgehead atoms. The summed E-state index contributed by atoms with van der Waals surface area (Å²) >= 11 is 0. The summed E-state index contributed by atoms with van der Waals surface area (Å²) in [5.74, 6) is 2.71. The van der Waals surface area contributed by atoms with Gasteiger partial charge in [-0.05, 0) is 37.8 Å². The van der Waals surface area contributed by atoms with E-state index >= 15 is 0 Å². The number of nitrogens with zero attached hydrogens (tertiary/aromatic N) is 3. The fourth-order valence-electron chi connectivity index (χ4n) is 3.73. The smallest absolute Gasteiger partial charge is 0.257 e. The molecule has 1 aromatic heterocycles. The summed E-state index contributed by atoms with van der Waals surface area (Å²) in [6, 6.07) is 5.32. The predicted molar refractivity (Wildman–Crippen MR) is 106 cm³/mol. The van der Waals surface area contributed by atoms with E-state index in [-0.39, 0.29) is 5.91 Å². The molecule has 2 heterocycles. The number of carbonyl (C=O) groups is 1. The number of benzene rings is 1. The highest BCUT2D eigenvalue weighted by atomic mass is 16.5. The molecule has 152 valence electrons. The molecule has 1 saturated heterocycles. The van der Waals surface area contributed by atoms with Crippen LogP contribution >= 0.6 is 0 Å². The van der Waals surface area contributed by atoms with Gasteiger partial charge in [0.1, 0.15) is 23.9 Å². The minimum Gasteiger partial charge on any atom is -0.497 e. The Labute approximate surface area is 166 Å². The van der Waals surface area contributed by atoms with Gasteiger partial charge in [0.05, 0.1) is 19.8 Å². The molecule has 7 heteroatoms. The molecule has 3 rings (SSSR count). The quantitative estimate of drug-likeness (QED) is 0.731. The lowest BCUT2D eigenvalue weighted by atomic mass is 9.96. The van der Waals surface area contributed by atoms with Crippen LogP contribution in [0.2, 0.25) is 0 Å². The van der Waals surface area contributed by atoms with Crippen LogP contribution < -0.4 is 9.47 Å². The molecule has 1 aliphatic rings. The maximum atomic E-state index is 13.0. The van der Waals surface area contributed by atoms with Crippen LogP contribution in [-0.4, -0.2) is 54.8 Å². The molecule has 1 fully saturated rings. The largest absolute Gasteiger partial charge is 0.497 e. The van der Waals surface area contributed by atoms with Gasteiger partial charge in [0.2, 0.25) is 0 Å². The van der Waals surface area contributed by atoms with E-state index in [4.69, 9.17) is 14.2 Å². The van der Waals surface area contributed by atoms with Gasteiger partial charge >= 0.3 is 0 Å². The third-order valence-corrected chi connectivity index (χ3v) is 5.39. The standard InChI is InChI=1S/C21H29N3O4/c1-15-12-22-20(14-26-2)24(15)13-16-7-9-23(10-8-16)21(25)18-6-5-17(27-3)11-19(18)28-4/h5-6,11-12,16H,7-10,13-14H2,1-4H3. The molecule has 0 saturated carbocycles. The van der Waals surface area contributed by atoms with E-state index in [1.807, 2.05) is 11.1 Å². The maximum Gasteiger partial charge on any atom is 0.257 e. The van der Waals surface area contributed by atoms with Gasteiger partial charge in [0, 0.05) is 44.7 Å². The molecule has 1 amide bonds. The lowest BCUT2D eigenvalue weighted by Gasteiger charge is -2.33. The fraction of sp³-hybridized carbons (Fsp3) is 0.524. The number of imidazole rings is 1. The third-order valence-electron chi connectivity index (χ3n) is 5.39. The molecule has 0 spiro atoms. The Morgan fingerprint density at radius 1 is 1.18 bits per heavy atom. The zero-order valence-electron chi connectivity index (χ0n) is 17.1. The molecule has 2 aromatic rings. The summed E-state index contributed by atoms with van der Waals surface area (Å²) in [6.45, 7) is 4.99. The molecule has 0 aliphatic carbocycles. The van der Waals surface area contributed by atoms with Gasteiger partial charge in [0.15, 0.2) is 0 Å². The molecule has 1 aliphatic heterocycles. The number of aryl methyl sites for hydroxylation is 1. The second kappa shape index (κ2) is 9.10. The Morgan fingerprint density at radius 3 is 2.57 bits per heavy atom. The number of aromatic nitrogens is 2. The van der Waals surface area contributed by atoms with E-state index < -0.39 is 0 Å². The minimum atomic E-state index is 0.0110. The lowest BCUT2D eigenvalue weighted by Crippen LogP contribution is -2.39. The Bertz CT molecular complexity index is 810. The molecular weight excluding hydrogens is 358 g/mol. The Kier molecular flexibility index (Phi) is 6.57. The monoisotopic (exact) mass is 387 g/mol. The molecule has 0 atom stereocenters.